The van der Waals surface area contributed by atoms with Crippen LogP contribution in [0.2, 0.25) is 0 Å². The number of nitrogens with one attached hydrogen (secondary N) is 1. The summed E-state index contributed by atoms with van der Waals surface area (Å²) in [6.45, 7) is 3.65. The molecular formula is C18H24N2O2. The Morgan fingerprint density at radius 3 is 2.64 bits per heavy atom. The van der Waals surface area contributed by atoms with Crippen molar-refractivity contribution >= 4 is 5.97 Å². The number of benzene rings is 1. The Kier molecular flexibility index (Phi) is 3.46. The van der Waals surface area contributed by atoms with Gasteiger partial charge in [-0.25, -0.2) is 0 Å². The van der Waals surface area contributed by atoms with E-state index in [1.165, 1.54) is 24.8 Å². The number of likely N-dealkylation sites (tertiary alicyclic amines) is 1. The van der Waals surface area contributed by atoms with Crippen LogP contribution in [0, 0.1) is 11.3 Å². The third kappa shape index (κ3) is 2.90. The Hall–Kier alpha value is -1.39. The predicted octanol–water partition coefficient (Wildman–Crippen LogP) is 1.93. The van der Waals surface area contributed by atoms with Crippen LogP contribution in [0.1, 0.15) is 30.7 Å². The lowest BCUT2D eigenvalue weighted by molar-refractivity contribution is -0.147. The first-order valence-corrected chi connectivity index (χ1v) is 8.39. The molecule has 4 nitrogen and oxygen atoms in total. The normalized spacial score (nSPS) is 29.8. The second kappa shape index (κ2) is 5.36. The molecular weight excluding hydrogens is 276 g/mol. The number of aliphatic carboxylic acids is 1. The third-order valence-electron chi connectivity index (χ3n) is 5.58. The highest BCUT2D eigenvalue weighted by molar-refractivity contribution is 5.71. The van der Waals surface area contributed by atoms with E-state index in [-0.39, 0.29) is 5.92 Å². The first-order valence-electron chi connectivity index (χ1n) is 8.39. The van der Waals surface area contributed by atoms with Gasteiger partial charge in [-0.3, -0.25) is 4.79 Å². The van der Waals surface area contributed by atoms with Gasteiger partial charge in [0.1, 0.15) is 0 Å². The van der Waals surface area contributed by atoms with Crippen LogP contribution >= 0.6 is 0 Å². The van der Waals surface area contributed by atoms with Crippen LogP contribution in [0.4, 0.5) is 0 Å². The molecule has 0 spiro atoms. The van der Waals surface area contributed by atoms with Crippen molar-refractivity contribution in [1.82, 2.24) is 10.2 Å². The number of nitrogens with zero attached hydrogens (tertiary/aromatic N) is 1. The van der Waals surface area contributed by atoms with E-state index in [4.69, 9.17) is 5.11 Å². The predicted molar refractivity (Wildman–Crippen MR) is 84.8 cm³/mol. The van der Waals surface area contributed by atoms with Gasteiger partial charge in [-0.15, -0.1) is 0 Å². The van der Waals surface area contributed by atoms with Crippen molar-refractivity contribution in [3.8, 4) is 0 Å². The fraction of sp³-hybridized carbons (Fsp3) is 0.611. The SMILES string of the molecule is O=C(O)C1CN(CC2(CNC3CC3c3ccccc3)CC2)C1. The van der Waals surface area contributed by atoms with Crippen molar-refractivity contribution in [3.05, 3.63) is 35.9 Å². The second-order valence-corrected chi connectivity index (χ2v) is 7.47. The van der Waals surface area contributed by atoms with Gasteiger partial charge in [0.15, 0.2) is 0 Å². The molecule has 1 saturated heterocycles. The molecule has 0 amide bonds. The van der Waals surface area contributed by atoms with Gasteiger partial charge in [-0.2, -0.15) is 0 Å². The van der Waals surface area contributed by atoms with Crippen LogP contribution in [0.3, 0.4) is 0 Å². The quantitative estimate of drug-likeness (QED) is 0.808. The first kappa shape index (κ1) is 14.2. The maximum absolute atomic E-state index is 10.9. The molecule has 1 aromatic rings. The van der Waals surface area contributed by atoms with E-state index in [1.54, 1.807) is 0 Å². The second-order valence-electron chi connectivity index (χ2n) is 7.47. The van der Waals surface area contributed by atoms with Crippen molar-refractivity contribution in [3.63, 3.8) is 0 Å². The number of rotatable bonds is 7. The van der Waals surface area contributed by atoms with Gasteiger partial charge in [0.05, 0.1) is 5.92 Å². The highest BCUT2D eigenvalue weighted by atomic mass is 16.4. The van der Waals surface area contributed by atoms with E-state index >= 15 is 0 Å². The minimum atomic E-state index is -0.636. The maximum Gasteiger partial charge on any atom is 0.309 e. The van der Waals surface area contributed by atoms with Crippen molar-refractivity contribution < 1.29 is 9.90 Å². The number of hydrogen-bond donors (Lipinski definition) is 2. The van der Waals surface area contributed by atoms with Crippen LogP contribution < -0.4 is 5.32 Å². The monoisotopic (exact) mass is 300 g/mol. The van der Waals surface area contributed by atoms with Crippen molar-refractivity contribution in [2.45, 2.75) is 31.2 Å². The molecule has 2 saturated carbocycles. The van der Waals surface area contributed by atoms with Gasteiger partial charge in [0.2, 0.25) is 0 Å². The zero-order valence-electron chi connectivity index (χ0n) is 12.9. The Bertz CT molecular complexity index is 549. The summed E-state index contributed by atoms with van der Waals surface area (Å²) in [5.74, 6) is -0.0741. The number of carboxylic acids is 1. The molecule has 4 heteroatoms. The van der Waals surface area contributed by atoms with Crippen LogP contribution in [-0.4, -0.2) is 48.2 Å². The van der Waals surface area contributed by atoms with Crippen LogP contribution in [0.5, 0.6) is 0 Å². The molecule has 3 fully saturated rings. The summed E-state index contributed by atoms with van der Waals surface area (Å²) in [5.41, 5.74) is 1.88. The van der Waals surface area contributed by atoms with Crippen molar-refractivity contribution in [2.75, 3.05) is 26.2 Å². The molecule has 1 aliphatic heterocycles. The molecule has 22 heavy (non-hydrogen) atoms. The minimum Gasteiger partial charge on any atom is -0.481 e. The van der Waals surface area contributed by atoms with Gasteiger partial charge in [0.25, 0.3) is 0 Å². The lowest BCUT2D eigenvalue weighted by Crippen LogP contribution is -2.53. The third-order valence-corrected chi connectivity index (χ3v) is 5.58. The Morgan fingerprint density at radius 1 is 1.27 bits per heavy atom. The molecule has 0 aromatic heterocycles. The summed E-state index contributed by atoms with van der Waals surface area (Å²) in [6.07, 6.45) is 3.83. The maximum atomic E-state index is 10.9. The van der Waals surface area contributed by atoms with E-state index in [0.717, 1.165) is 26.2 Å². The van der Waals surface area contributed by atoms with Crippen molar-refractivity contribution in [2.24, 2.45) is 11.3 Å². The molecule has 2 aliphatic carbocycles. The highest BCUT2D eigenvalue weighted by Gasteiger charge is 2.48. The lowest BCUT2D eigenvalue weighted by atomic mass is 9.96. The molecule has 2 atom stereocenters. The average molecular weight is 300 g/mol. The summed E-state index contributed by atoms with van der Waals surface area (Å²) in [7, 11) is 0. The Balaban J connectivity index is 1.21. The van der Waals surface area contributed by atoms with Gasteiger partial charge in [-0.1, -0.05) is 30.3 Å². The van der Waals surface area contributed by atoms with E-state index in [1.807, 2.05) is 0 Å². The lowest BCUT2D eigenvalue weighted by Gasteiger charge is -2.39. The van der Waals surface area contributed by atoms with E-state index in [0.29, 0.717) is 17.4 Å². The van der Waals surface area contributed by atoms with Crippen LogP contribution in [-0.2, 0) is 4.79 Å². The summed E-state index contributed by atoms with van der Waals surface area (Å²) in [6, 6.07) is 11.4. The molecule has 4 rings (SSSR count). The summed E-state index contributed by atoms with van der Waals surface area (Å²) < 4.78 is 0. The van der Waals surface area contributed by atoms with Gasteiger partial charge < -0.3 is 15.3 Å². The molecule has 2 N–H and O–H groups in total. The summed E-state index contributed by atoms with van der Waals surface area (Å²) >= 11 is 0. The standard InChI is InChI=1S/C18H24N2O2/c21-17(22)14-9-20(10-14)12-18(6-7-18)11-19-16-8-15(16)13-4-2-1-3-5-13/h1-5,14-16,19H,6-12H2,(H,21,22). The topological polar surface area (TPSA) is 52.6 Å². The van der Waals surface area contributed by atoms with E-state index in [9.17, 15) is 4.79 Å². The highest BCUT2D eigenvalue weighted by Crippen LogP contribution is 2.48. The Morgan fingerprint density at radius 2 is 2.00 bits per heavy atom. The first-order chi connectivity index (χ1) is 10.7. The molecule has 0 bridgehead atoms. The molecule has 2 unspecified atom stereocenters. The zero-order valence-corrected chi connectivity index (χ0v) is 12.9. The minimum absolute atomic E-state index is 0.130. The molecule has 1 aromatic carbocycles. The number of carbonyl (C=O) groups is 1. The zero-order chi connectivity index (χ0) is 15.2. The number of hydrogen-bond acceptors (Lipinski definition) is 3. The molecule has 1 heterocycles. The van der Waals surface area contributed by atoms with Gasteiger partial charge >= 0.3 is 5.97 Å². The summed E-state index contributed by atoms with van der Waals surface area (Å²) in [5, 5.41) is 12.7. The van der Waals surface area contributed by atoms with Crippen LogP contribution in [0.15, 0.2) is 30.3 Å². The van der Waals surface area contributed by atoms with Gasteiger partial charge in [0, 0.05) is 38.1 Å². The van der Waals surface area contributed by atoms with Gasteiger partial charge in [-0.05, 0) is 30.2 Å². The number of carboxylic acid groups (broad SMARTS) is 1. The molecule has 0 radical (unpaired) electrons. The summed E-state index contributed by atoms with van der Waals surface area (Å²) in [4.78, 5) is 13.2. The molecule has 3 aliphatic rings. The average Bonchev–Trinajstić information content (AvgIpc) is 3.37. The van der Waals surface area contributed by atoms with Crippen LogP contribution in [0.25, 0.3) is 0 Å². The fourth-order valence-electron chi connectivity index (χ4n) is 3.73. The Labute approximate surface area is 131 Å². The molecule has 118 valence electrons. The fourth-order valence-corrected chi connectivity index (χ4v) is 3.73. The smallest absolute Gasteiger partial charge is 0.309 e. The van der Waals surface area contributed by atoms with E-state index in [2.05, 4.69) is 40.5 Å². The van der Waals surface area contributed by atoms with E-state index < -0.39 is 5.97 Å². The van der Waals surface area contributed by atoms with Crippen molar-refractivity contribution in [1.29, 1.82) is 0 Å². The largest absolute Gasteiger partial charge is 0.481 e.